The monoisotopic (exact) mass is 333 g/mol. The zero-order valence-corrected chi connectivity index (χ0v) is 14.1. The van der Waals surface area contributed by atoms with E-state index in [4.69, 9.17) is 16.3 Å². The number of aldehydes is 1. The molecule has 0 spiro atoms. The van der Waals surface area contributed by atoms with Crippen molar-refractivity contribution in [3.8, 4) is 17.1 Å². The maximum atomic E-state index is 11.2. The third-order valence-electron chi connectivity index (χ3n) is 4.52. The van der Waals surface area contributed by atoms with E-state index in [2.05, 4.69) is 17.0 Å². The first-order valence-corrected chi connectivity index (χ1v) is 8.24. The Morgan fingerprint density at radius 3 is 2.70 bits per heavy atom. The predicted octanol–water partition coefficient (Wildman–Crippen LogP) is 4.17. The fourth-order valence-corrected chi connectivity index (χ4v) is 3.37. The number of carbonyl (C=O) groups is 1. The smallest absolute Gasteiger partial charge is 0.213 e. The highest BCUT2D eigenvalue weighted by molar-refractivity contribution is 6.33. The molecule has 0 aromatic carbocycles. The van der Waals surface area contributed by atoms with E-state index < -0.39 is 0 Å². The Hall–Kier alpha value is -1.88. The van der Waals surface area contributed by atoms with Gasteiger partial charge >= 0.3 is 0 Å². The average molecular weight is 334 g/mol. The Morgan fingerprint density at radius 1 is 1.30 bits per heavy atom. The van der Waals surface area contributed by atoms with Crippen LogP contribution in [0.5, 0.6) is 5.88 Å². The maximum Gasteiger partial charge on any atom is 0.213 e. The number of rotatable bonds is 4. The van der Waals surface area contributed by atoms with Gasteiger partial charge in [0, 0.05) is 11.6 Å². The molecule has 0 bridgehead atoms. The lowest BCUT2D eigenvalue weighted by molar-refractivity contribution is 0.111. The number of carbonyl (C=O) groups excluding carboxylic acids is 1. The summed E-state index contributed by atoms with van der Waals surface area (Å²) in [5.74, 6) is 1.24. The Labute approximate surface area is 140 Å². The molecule has 122 valence electrons. The molecule has 1 aliphatic carbocycles. The van der Waals surface area contributed by atoms with E-state index in [0.717, 1.165) is 36.3 Å². The van der Waals surface area contributed by atoms with E-state index in [9.17, 15) is 4.79 Å². The van der Waals surface area contributed by atoms with Gasteiger partial charge in [-0.2, -0.15) is 5.10 Å². The lowest BCUT2D eigenvalue weighted by atomic mass is 9.87. The van der Waals surface area contributed by atoms with Crippen LogP contribution >= 0.6 is 11.6 Å². The van der Waals surface area contributed by atoms with Crippen LogP contribution in [0.4, 0.5) is 0 Å². The summed E-state index contributed by atoms with van der Waals surface area (Å²) in [6, 6.07) is 3.87. The van der Waals surface area contributed by atoms with Crippen LogP contribution in [0, 0.1) is 5.92 Å². The molecular formula is C17H20ClN3O2. The summed E-state index contributed by atoms with van der Waals surface area (Å²) >= 11 is 6.33. The maximum absolute atomic E-state index is 11.2. The molecule has 1 aliphatic rings. The van der Waals surface area contributed by atoms with Crippen LogP contribution in [-0.2, 0) is 0 Å². The summed E-state index contributed by atoms with van der Waals surface area (Å²) < 4.78 is 7.15. The fraction of sp³-hybridized carbons (Fsp3) is 0.471. The Balaban J connectivity index is 2.05. The molecule has 0 radical (unpaired) electrons. The molecule has 5 nitrogen and oxygen atoms in total. The van der Waals surface area contributed by atoms with E-state index >= 15 is 0 Å². The van der Waals surface area contributed by atoms with Crippen molar-refractivity contribution in [3.63, 3.8) is 0 Å². The highest BCUT2D eigenvalue weighted by Crippen LogP contribution is 2.37. The van der Waals surface area contributed by atoms with Crippen LogP contribution in [-0.4, -0.2) is 28.2 Å². The van der Waals surface area contributed by atoms with Crippen molar-refractivity contribution in [2.24, 2.45) is 5.92 Å². The van der Waals surface area contributed by atoms with Gasteiger partial charge in [0.05, 0.1) is 30.1 Å². The third kappa shape index (κ3) is 3.24. The van der Waals surface area contributed by atoms with E-state index in [1.54, 1.807) is 25.4 Å². The van der Waals surface area contributed by atoms with Gasteiger partial charge in [0.2, 0.25) is 5.88 Å². The summed E-state index contributed by atoms with van der Waals surface area (Å²) in [4.78, 5) is 15.3. The summed E-state index contributed by atoms with van der Waals surface area (Å²) in [6.45, 7) is 2.28. The molecule has 23 heavy (non-hydrogen) atoms. The molecule has 0 saturated heterocycles. The number of hydrogen-bond donors (Lipinski definition) is 0. The van der Waals surface area contributed by atoms with Gasteiger partial charge < -0.3 is 4.74 Å². The summed E-state index contributed by atoms with van der Waals surface area (Å²) in [5.41, 5.74) is 2.06. The van der Waals surface area contributed by atoms with Crippen molar-refractivity contribution in [1.29, 1.82) is 0 Å². The van der Waals surface area contributed by atoms with Gasteiger partial charge in [-0.1, -0.05) is 18.5 Å². The molecule has 6 heteroatoms. The third-order valence-corrected chi connectivity index (χ3v) is 4.82. The van der Waals surface area contributed by atoms with E-state index in [-0.39, 0.29) is 0 Å². The Kier molecular flexibility index (Phi) is 4.66. The Bertz CT molecular complexity index is 706. The van der Waals surface area contributed by atoms with Crippen LogP contribution in [0.25, 0.3) is 11.3 Å². The van der Waals surface area contributed by atoms with Crippen molar-refractivity contribution in [1.82, 2.24) is 14.8 Å². The number of halogens is 1. The molecule has 0 N–H and O–H groups in total. The van der Waals surface area contributed by atoms with Gasteiger partial charge in [-0.25, -0.2) is 4.98 Å². The number of ether oxygens (including phenoxy) is 1. The van der Waals surface area contributed by atoms with E-state index in [0.29, 0.717) is 22.6 Å². The largest absolute Gasteiger partial charge is 0.481 e. The molecule has 0 aliphatic heterocycles. The van der Waals surface area contributed by atoms with Crippen LogP contribution in [0.1, 0.15) is 49.1 Å². The molecule has 0 amide bonds. The van der Waals surface area contributed by atoms with Crippen LogP contribution in [0.15, 0.2) is 18.3 Å². The van der Waals surface area contributed by atoms with Crippen LogP contribution < -0.4 is 4.74 Å². The highest BCUT2D eigenvalue weighted by atomic mass is 35.5. The van der Waals surface area contributed by atoms with Crippen molar-refractivity contribution < 1.29 is 9.53 Å². The summed E-state index contributed by atoms with van der Waals surface area (Å²) in [6.07, 6.45) is 6.82. The van der Waals surface area contributed by atoms with Gasteiger partial charge in [-0.15, -0.1) is 0 Å². The van der Waals surface area contributed by atoms with Crippen molar-refractivity contribution in [3.05, 3.63) is 29.0 Å². The summed E-state index contributed by atoms with van der Waals surface area (Å²) in [7, 11) is 1.57. The van der Waals surface area contributed by atoms with Crippen molar-refractivity contribution >= 4 is 17.9 Å². The highest BCUT2D eigenvalue weighted by Gasteiger charge is 2.24. The standard InChI is InChI=1S/C17H20ClN3O2/c1-11-3-5-13(6-4-11)21-16(7-12(10-22)20-21)14-8-17(23-2)19-9-15(14)18/h7-11,13H,3-6H2,1-2H3. The number of aromatic nitrogens is 3. The second-order valence-electron chi connectivity index (χ2n) is 6.14. The first-order valence-electron chi connectivity index (χ1n) is 7.87. The topological polar surface area (TPSA) is 57.0 Å². The normalized spacial score (nSPS) is 21.2. The summed E-state index contributed by atoms with van der Waals surface area (Å²) in [5, 5.41) is 5.00. The van der Waals surface area contributed by atoms with Gasteiger partial charge in [-0.3, -0.25) is 9.48 Å². The van der Waals surface area contributed by atoms with Gasteiger partial charge in [0.15, 0.2) is 6.29 Å². The van der Waals surface area contributed by atoms with Crippen LogP contribution in [0.3, 0.4) is 0 Å². The van der Waals surface area contributed by atoms with Gasteiger partial charge in [-0.05, 0) is 37.7 Å². The second-order valence-corrected chi connectivity index (χ2v) is 6.54. The van der Waals surface area contributed by atoms with E-state index in [1.165, 1.54) is 12.8 Å². The molecular weight excluding hydrogens is 314 g/mol. The fourth-order valence-electron chi connectivity index (χ4n) is 3.16. The number of nitrogens with zero attached hydrogens (tertiary/aromatic N) is 3. The molecule has 0 unspecified atom stereocenters. The second kappa shape index (κ2) is 6.71. The Morgan fingerprint density at radius 2 is 2.04 bits per heavy atom. The minimum Gasteiger partial charge on any atom is -0.481 e. The number of hydrogen-bond acceptors (Lipinski definition) is 4. The molecule has 2 heterocycles. The quantitative estimate of drug-likeness (QED) is 0.788. The van der Waals surface area contributed by atoms with E-state index in [1.807, 2.05) is 4.68 Å². The lowest BCUT2D eigenvalue weighted by Crippen LogP contribution is -2.18. The average Bonchev–Trinajstić information content (AvgIpc) is 3.00. The van der Waals surface area contributed by atoms with Crippen molar-refractivity contribution in [2.45, 2.75) is 38.6 Å². The minimum atomic E-state index is 0.296. The zero-order chi connectivity index (χ0) is 16.4. The molecule has 1 fully saturated rings. The number of pyridine rings is 1. The van der Waals surface area contributed by atoms with Crippen molar-refractivity contribution in [2.75, 3.05) is 7.11 Å². The first kappa shape index (κ1) is 16.0. The SMILES string of the molecule is COc1cc(-c2cc(C=O)nn2C2CCC(C)CC2)c(Cl)cn1. The number of methoxy groups -OCH3 is 1. The molecule has 1 saturated carbocycles. The minimum absolute atomic E-state index is 0.296. The first-order chi connectivity index (χ1) is 11.1. The van der Waals surface area contributed by atoms with Gasteiger partial charge in [0.1, 0.15) is 5.69 Å². The molecule has 0 atom stereocenters. The predicted molar refractivity (Wildman–Crippen MR) is 89.1 cm³/mol. The molecule has 2 aromatic rings. The van der Waals surface area contributed by atoms with Crippen LogP contribution in [0.2, 0.25) is 5.02 Å². The lowest BCUT2D eigenvalue weighted by Gasteiger charge is -2.27. The van der Waals surface area contributed by atoms with Gasteiger partial charge in [0.25, 0.3) is 0 Å². The molecule has 3 rings (SSSR count). The molecule has 2 aromatic heterocycles. The zero-order valence-electron chi connectivity index (χ0n) is 13.3.